The van der Waals surface area contributed by atoms with E-state index in [1.54, 1.807) is 19.1 Å². The standard InChI is InChI=1S/C19H24N2O3S/c1-14-10-15(2)12-18(11-14)21(25(4,23)24)16(3)19(22)20-13-17-8-6-5-7-9-17/h5-12,16H,13H2,1-4H3,(H,20,22). The summed E-state index contributed by atoms with van der Waals surface area (Å²) in [6.07, 6.45) is 1.12. The number of sulfonamides is 1. The Morgan fingerprint density at radius 3 is 2.16 bits per heavy atom. The van der Waals surface area contributed by atoms with Crippen molar-refractivity contribution in [2.24, 2.45) is 0 Å². The van der Waals surface area contributed by atoms with Gasteiger partial charge in [0.25, 0.3) is 0 Å². The highest BCUT2D eigenvalue weighted by Gasteiger charge is 2.29. The number of nitrogens with one attached hydrogen (secondary N) is 1. The van der Waals surface area contributed by atoms with Crippen LogP contribution in [0, 0.1) is 13.8 Å². The predicted molar refractivity (Wildman–Crippen MR) is 101 cm³/mol. The Bertz CT molecular complexity index is 828. The smallest absolute Gasteiger partial charge is 0.243 e. The molecule has 0 saturated heterocycles. The lowest BCUT2D eigenvalue weighted by atomic mass is 10.1. The van der Waals surface area contributed by atoms with Gasteiger partial charge in [-0.3, -0.25) is 9.10 Å². The summed E-state index contributed by atoms with van der Waals surface area (Å²) < 4.78 is 25.8. The molecule has 6 heteroatoms. The number of hydrogen-bond acceptors (Lipinski definition) is 3. The molecule has 0 spiro atoms. The number of hydrogen-bond donors (Lipinski definition) is 1. The molecule has 2 aromatic rings. The molecule has 1 N–H and O–H groups in total. The molecule has 0 bridgehead atoms. The molecule has 0 fully saturated rings. The van der Waals surface area contributed by atoms with Crippen LogP contribution < -0.4 is 9.62 Å². The van der Waals surface area contributed by atoms with Gasteiger partial charge in [0.1, 0.15) is 6.04 Å². The SMILES string of the molecule is Cc1cc(C)cc(N(C(C)C(=O)NCc2ccccc2)S(C)(=O)=O)c1. The summed E-state index contributed by atoms with van der Waals surface area (Å²) in [5, 5.41) is 2.81. The van der Waals surface area contributed by atoms with Crippen molar-refractivity contribution in [3.8, 4) is 0 Å². The van der Waals surface area contributed by atoms with Crippen LogP contribution in [0.2, 0.25) is 0 Å². The van der Waals surface area contributed by atoms with E-state index in [0.29, 0.717) is 12.2 Å². The Kier molecular flexibility index (Phi) is 5.85. The highest BCUT2D eigenvalue weighted by Crippen LogP contribution is 2.23. The molecule has 0 radical (unpaired) electrons. The zero-order valence-corrected chi connectivity index (χ0v) is 15.8. The Morgan fingerprint density at radius 1 is 1.08 bits per heavy atom. The van der Waals surface area contributed by atoms with Crippen LogP contribution in [0.25, 0.3) is 0 Å². The molecule has 5 nitrogen and oxygen atoms in total. The van der Waals surface area contributed by atoms with E-state index in [9.17, 15) is 13.2 Å². The summed E-state index contributed by atoms with van der Waals surface area (Å²) >= 11 is 0. The lowest BCUT2D eigenvalue weighted by Crippen LogP contribution is -2.47. The topological polar surface area (TPSA) is 66.5 Å². The quantitative estimate of drug-likeness (QED) is 0.861. The van der Waals surface area contributed by atoms with E-state index in [4.69, 9.17) is 0 Å². The molecule has 1 unspecified atom stereocenters. The number of rotatable bonds is 6. The van der Waals surface area contributed by atoms with Crippen molar-refractivity contribution in [2.45, 2.75) is 33.4 Å². The van der Waals surface area contributed by atoms with Gasteiger partial charge in [0, 0.05) is 6.54 Å². The third kappa shape index (κ3) is 5.06. The molecular formula is C19H24N2O3S. The van der Waals surface area contributed by atoms with E-state index in [2.05, 4.69) is 5.32 Å². The largest absolute Gasteiger partial charge is 0.350 e. The Labute approximate surface area is 149 Å². The maximum absolute atomic E-state index is 12.5. The van der Waals surface area contributed by atoms with E-state index in [1.165, 1.54) is 4.31 Å². The summed E-state index contributed by atoms with van der Waals surface area (Å²) in [6.45, 7) is 5.75. The number of amides is 1. The molecule has 2 rings (SSSR count). The van der Waals surface area contributed by atoms with Crippen molar-refractivity contribution in [1.82, 2.24) is 5.32 Å². The van der Waals surface area contributed by atoms with Crippen molar-refractivity contribution in [1.29, 1.82) is 0 Å². The molecule has 0 aliphatic carbocycles. The van der Waals surface area contributed by atoms with E-state index in [0.717, 1.165) is 22.9 Å². The first-order valence-electron chi connectivity index (χ1n) is 8.08. The maximum atomic E-state index is 12.5. The molecule has 2 aromatic carbocycles. The van der Waals surface area contributed by atoms with Gasteiger partial charge < -0.3 is 5.32 Å². The molecule has 0 aliphatic rings. The molecule has 0 saturated carbocycles. The van der Waals surface area contributed by atoms with Crippen LogP contribution in [0.5, 0.6) is 0 Å². The lowest BCUT2D eigenvalue weighted by Gasteiger charge is -2.28. The molecule has 1 amide bonds. The van der Waals surface area contributed by atoms with E-state index in [1.807, 2.05) is 50.2 Å². The number of carbonyl (C=O) groups is 1. The Hall–Kier alpha value is -2.34. The van der Waals surface area contributed by atoms with Gasteiger partial charge >= 0.3 is 0 Å². The minimum atomic E-state index is -3.61. The van der Waals surface area contributed by atoms with Crippen molar-refractivity contribution in [3.63, 3.8) is 0 Å². The summed E-state index contributed by atoms with van der Waals surface area (Å²) in [7, 11) is -3.61. The van der Waals surface area contributed by atoms with Crippen LogP contribution in [0.1, 0.15) is 23.6 Å². The van der Waals surface area contributed by atoms with Gasteiger partial charge in [-0.05, 0) is 49.6 Å². The summed E-state index contributed by atoms with van der Waals surface area (Å²) in [4.78, 5) is 12.5. The first-order chi connectivity index (χ1) is 11.7. The van der Waals surface area contributed by atoms with Gasteiger partial charge in [-0.15, -0.1) is 0 Å². The second-order valence-corrected chi connectivity index (χ2v) is 8.14. The molecule has 0 heterocycles. The second-order valence-electron chi connectivity index (χ2n) is 6.28. The highest BCUT2D eigenvalue weighted by atomic mass is 32.2. The van der Waals surface area contributed by atoms with Gasteiger partial charge in [0.2, 0.25) is 15.9 Å². The Balaban J connectivity index is 2.24. The van der Waals surface area contributed by atoms with Crippen LogP contribution >= 0.6 is 0 Å². The number of anilines is 1. The average Bonchev–Trinajstić information content (AvgIpc) is 2.51. The first-order valence-corrected chi connectivity index (χ1v) is 9.92. The summed E-state index contributed by atoms with van der Waals surface area (Å²) in [6, 6.07) is 14.2. The lowest BCUT2D eigenvalue weighted by molar-refractivity contribution is -0.122. The van der Waals surface area contributed by atoms with Crippen LogP contribution in [0.3, 0.4) is 0 Å². The summed E-state index contributed by atoms with van der Waals surface area (Å²) in [5.41, 5.74) is 3.35. The number of aryl methyl sites for hydroxylation is 2. The van der Waals surface area contributed by atoms with Crippen molar-refractivity contribution in [2.75, 3.05) is 10.6 Å². The van der Waals surface area contributed by atoms with E-state index >= 15 is 0 Å². The molecule has 1 atom stereocenters. The number of nitrogens with zero attached hydrogens (tertiary/aromatic N) is 1. The monoisotopic (exact) mass is 360 g/mol. The zero-order valence-electron chi connectivity index (χ0n) is 15.0. The van der Waals surface area contributed by atoms with Crippen molar-refractivity contribution < 1.29 is 13.2 Å². The zero-order chi connectivity index (χ0) is 18.6. The third-order valence-corrected chi connectivity index (χ3v) is 5.10. The molecule has 0 aliphatic heterocycles. The molecular weight excluding hydrogens is 336 g/mol. The minimum Gasteiger partial charge on any atom is -0.350 e. The average molecular weight is 360 g/mol. The number of benzene rings is 2. The third-order valence-electron chi connectivity index (χ3n) is 3.86. The summed E-state index contributed by atoms with van der Waals surface area (Å²) in [5.74, 6) is -0.339. The van der Waals surface area contributed by atoms with E-state index < -0.39 is 16.1 Å². The second kappa shape index (κ2) is 7.70. The van der Waals surface area contributed by atoms with Gasteiger partial charge in [0.15, 0.2) is 0 Å². The maximum Gasteiger partial charge on any atom is 0.243 e. The Morgan fingerprint density at radius 2 is 1.64 bits per heavy atom. The first kappa shape index (κ1) is 19.0. The van der Waals surface area contributed by atoms with Gasteiger partial charge in [0.05, 0.1) is 11.9 Å². The minimum absolute atomic E-state index is 0.339. The van der Waals surface area contributed by atoms with Gasteiger partial charge in [-0.1, -0.05) is 36.4 Å². The van der Waals surface area contributed by atoms with Crippen LogP contribution in [0.4, 0.5) is 5.69 Å². The normalized spacial score (nSPS) is 12.5. The van der Waals surface area contributed by atoms with Gasteiger partial charge in [-0.25, -0.2) is 8.42 Å². The fourth-order valence-electron chi connectivity index (χ4n) is 2.82. The van der Waals surface area contributed by atoms with Crippen LogP contribution in [-0.2, 0) is 21.4 Å². The highest BCUT2D eigenvalue weighted by molar-refractivity contribution is 7.92. The van der Waals surface area contributed by atoms with Crippen LogP contribution in [0.15, 0.2) is 48.5 Å². The fourth-order valence-corrected chi connectivity index (χ4v) is 3.98. The molecule has 134 valence electrons. The van der Waals surface area contributed by atoms with E-state index in [-0.39, 0.29) is 5.91 Å². The van der Waals surface area contributed by atoms with Crippen molar-refractivity contribution in [3.05, 3.63) is 65.2 Å². The van der Waals surface area contributed by atoms with Crippen molar-refractivity contribution >= 4 is 21.6 Å². The molecule has 0 aromatic heterocycles. The van der Waals surface area contributed by atoms with Crippen LogP contribution in [-0.4, -0.2) is 26.6 Å². The predicted octanol–water partition coefficient (Wildman–Crippen LogP) is 2.77. The van der Waals surface area contributed by atoms with Gasteiger partial charge in [-0.2, -0.15) is 0 Å². The fraction of sp³-hybridized carbons (Fsp3) is 0.316. The molecule has 25 heavy (non-hydrogen) atoms. The number of carbonyl (C=O) groups excluding carboxylic acids is 1.